The number of rotatable bonds is 2. The molecule has 9 heteroatoms. The predicted molar refractivity (Wildman–Crippen MR) is 92.2 cm³/mol. The number of anilines is 1. The van der Waals surface area contributed by atoms with Crippen LogP contribution in [0.5, 0.6) is 0 Å². The quantitative estimate of drug-likeness (QED) is 0.522. The maximum Gasteiger partial charge on any atom is 0.418 e. The molecule has 0 atom stereocenters. The van der Waals surface area contributed by atoms with E-state index in [4.69, 9.17) is 0 Å². The molecule has 1 amide bonds. The Morgan fingerprint density at radius 2 is 1.72 bits per heavy atom. The van der Waals surface area contributed by atoms with Gasteiger partial charge in [-0.2, -0.15) is 13.2 Å². The molecule has 4 aromatic rings. The van der Waals surface area contributed by atoms with Crippen molar-refractivity contribution in [3.8, 4) is 0 Å². The number of nitrogens with one attached hydrogen (secondary N) is 1. The van der Waals surface area contributed by atoms with Crippen molar-refractivity contribution in [1.82, 2.24) is 9.97 Å². The number of hydrogen-bond donors (Lipinski definition) is 1. The number of carbonyl (C=O) groups is 1. The highest BCUT2D eigenvalue weighted by Gasteiger charge is 2.33. The largest absolute Gasteiger partial charge is 0.418 e. The number of alkyl halides is 3. The second kappa shape index (κ2) is 5.78. The number of carbonyl (C=O) groups excluding carboxylic acids is 1. The monoisotopic (exact) mass is 379 g/mol. The van der Waals surface area contributed by atoms with E-state index in [-0.39, 0.29) is 15.7 Å². The van der Waals surface area contributed by atoms with Crippen molar-refractivity contribution in [1.29, 1.82) is 0 Å². The second-order valence-corrected chi connectivity index (χ2v) is 7.17. The van der Waals surface area contributed by atoms with Crippen molar-refractivity contribution in [2.24, 2.45) is 0 Å². The van der Waals surface area contributed by atoms with E-state index in [1.807, 2.05) is 18.2 Å². The van der Waals surface area contributed by atoms with Crippen molar-refractivity contribution in [3.63, 3.8) is 0 Å². The van der Waals surface area contributed by atoms with Gasteiger partial charge in [0.2, 0.25) is 0 Å². The van der Waals surface area contributed by atoms with Crippen LogP contribution in [-0.4, -0.2) is 15.9 Å². The van der Waals surface area contributed by atoms with Crippen molar-refractivity contribution in [3.05, 3.63) is 53.0 Å². The summed E-state index contributed by atoms with van der Waals surface area (Å²) in [6.45, 7) is 0. The fraction of sp³-hybridized carbons (Fsp3) is 0.0625. The van der Waals surface area contributed by atoms with Crippen LogP contribution in [0.3, 0.4) is 0 Å². The van der Waals surface area contributed by atoms with E-state index in [1.54, 1.807) is 6.07 Å². The van der Waals surface area contributed by atoms with Gasteiger partial charge in [0, 0.05) is 0 Å². The summed E-state index contributed by atoms with van der Waals surface area (Å²) in [5.41, 5.74) is -0.289. The molecule has 25 heavy (non-hydrogen) atoms. The van der Waals surface area contributed by atoms with Gasteiger partial charge in [0.25, 0.3) is 5.91 Å². The molecule has 4 rings (SSSR count). The lowest BCUT2D eigenvalue weighted by Crippen LogP contribution is -2.11. The Kier molecular flexibility index (Phi) is 3.69. The molecule has 0 aliphatic carbocycles. The van der Waals surface area contributed by atoms with Gasteiger partial charge in [-0.3, -0.25) is 10.1 Å². The van der Waals surface area contributed by atoms with Crippen molar-refractivity contribution in [2.75, 3.05) is 5.32 Å². The molecular formula is C16H8F3N3OS2. The van der Waals surface area contributed by atoms with Crippen LogP contribution < -0.4 is 5.32 Å². The minimum atomic E-state index is -4.50. The Hall–Kier alpha value is -2.52. The summed E-state index contributed by atoms with van der Waals surface area (Å²) in [6.07, 6.45) is -4.50. The van der Waals surface area contributed by atoms with Crippen LogP contribution in [-0.2, 0) is 6.18 Å². The SMILES string of the molecule is O=C(Nc1nc2c(C(F)(F)F)cccc2s1)c1nc2ccccc2s1. The standard InChI is InChI=1S/C16H8F3N3OS2/c17-16(18,19)8-4-3-7-11-12(8)21-15(25-11)22-13(23)14-20-9-5-1-2-6-10(9)24-14/h1-7H,(H,21,22,23). The van der Waals surface area contributed by atoms with Gasteiger partial charge in [0.1, 0.15) is 0 Å². The van der Waals surface area contributed by atoms with Crippen LogP contribution in [0.2, 0.25) is 0 Å². The van der Waals surface area contributed by atoms with Gasteiger partial charge in [-0.15, -0.1) is 11.3 Å². The number of hydrogen-bond acceptors (Lipinski definition) is 5. The highest BCUT2D eigenvalue weighted by atomic mass is 32.1. The van der Waals surface area contributed by atoms with Gasteiger partial charge in [0.15, 0.2) is 10.1 Å². The van der Waals surface area contributed by atoms with Gasteiger partial charge in [-0.1, -0.05) is 29.5 Å². The highest BCUT2D eigenvalue weighted by molar-refractivity contribution is 7.22. The zero-order valence-electron chi connectivity index (χ0n) is 12.3. The lowest BCUT2D eigenvalue weighted by molar-refractivity contribution is -0.136. The molecular weight excluding hydrogens is 371 g/mol. The summed E-state index contributed by atoms with van der Waals surface area (Å²) in [4.78, 5) is 20.5. The minimum Gasteiger partial charge on any atom is -0.296 e. The summed E-state index contributed by atoms with van der Waals surface area (Å²) in [5.74, 6) is -0.492. The Bertz CT molecular complexity index is 1070. The van der Waals surface area contributed by atoms with Crippen LogP contribution in [0.15, 0.2) is 42.5 Å². The van der Waals surface area contributed by atoms with Gasteiger partial charge in [-0.25, -0.2) is 9.97 Å². The Labute approximate surface area is 147 Å². The number of fused-ring (bicyclic) bond motifs is 2. The number of amides is 1. The third-order valence-corrected chi connectivity index (χ3v) is 5.40. The Morgan fingerprint density at radius 3 is 2.48 bits per heavy atom. The van der Waals surface area contributed by atoms with Crippen LogP contribution in [0.25, 0.3) is 20.4 Å². The minimum absolute atomic E-state index is 0.107. The number of halogens is 3. The second-order valence-electron chi connectivity index (χ2n) is 5.11. The molecule has 0 saturated heterocycles. The Morgan fingerprint density at radius 1 is 0.960 bits per heavy atom. The first-order chi connectivity index (χ1) is 11.9. The smallest absolute Gasteiger partial charge is 0.296 e. The maximum absolute atomic E-state index is 13.0. The molecule has 0 bridgehead atoms. The van der Waals surface area contributed by atoms with E-state index < -0.39 is 17.6 Å². The summed E-state index contributed by atoms with van der Waals surface area (Å²) in [5, 5.41) is 2.88. The predicted octanol–water partition coefficient (Wildman–Crippen LogP) is 5.18. The van der Waals surface area contributed by atoms with Gasteiger partial charge in [-0.05, 0) is 24.3 Å². The van der Waals surface area contributed by atoms with Crippen molar-refractivity contribution >= 4 is 54.1 Å². The average molecular weight is 379 g/mol. The van der Waals surface area contributed by atoms with E-state index in [9.17, 15) is 18.0 Å². The molecule has 0 unspecified atom stereocenters. The highest BCUT2D eigenvalue weighted by Crippen LogP contribution is 2.37. The zero-order chi connectivity index (χ0) is 17.6. The molecule has 2 aromatic carbocycles. The molecule has 0 radical (unpaired) electrons. The molecule has 2 heterocycles. The first-order valence-corrected chi connectivity index (χ1v) is 8.69. The summed E-state index contributed by atoms with van der Waals surface area (Å²) in [6, 6.07) is 11.1. The van der Waals surface area contributed by atoms with Gasteiger partial charge >= 0.3 is 6.18 Å². The van der Waals surface area contributed by atoms with E-state index >= 15 is 0 Å². The van der Waals surface area contributed by atoms with E-state index in [1.165, 1.54) is 23.5 Å². The first kappa shape index (κ1) is 16.0. The number of nitrogens with zero attached hydrogens (tertiary/aromatic N) is 2. The first-order valence-electron chi connectivity index (χ1n) is 7.05. The molecule has 4 nitrogen and oxygen atoms in total. The third-order valence-electron chi connectivity index (χ3n) is 3.43. The van der Waals surface area contributed by atoms with Gasteiger partial charge < -0.3 is 0 Å². The summed E-state index contributed by atoms with van der Waals surface area (Å²) in [7, 11) is 0. The molecule has 2 aromatic heterocycles. The number of aromatic nitrogens is 2. The van der Waals surface area contributed by atoms with E-state index in [0.717, 1.165) is 22.1 Å². The number of benzene rings is 2. The maximum atomic E-state index is 13.0. The van der Waals surface area contributed by atoms with E-state index in [0.29, 0.717) is 10.2 Å². The zero-order valence-corrected chi connectivity index (χ0v) is 13.9. The molecule has 0 spiro atoms. The lowest BCUT2D eigenvalue weighted by Gasteiger charge is -2.05. The molecule has 0 aliphatic rings. The number of para-hydroxylation sites is 2. The average Bonchev–Trinajstić information content (AvgIpc) is 3.16. The van der Waals surface area contributed by atoms with Crippen LogP contribution in [0.4, 0.5) is 18.3 Å². The van der Waals surface area contributed by atoms with Crippen molar-refractivity contribution < 1.29 is 18.0 Å². The van der Waals surface area contributed by atoms with Crippen LogP contribution in [0, 0.1) is 0 Å². The normalized spacial score (nSPS) is 12.0. The van der Waals surface area contributed by atoms with Crippen molar-refractivity contribution in [2.45, 2.75) is 6.18 Å². The summed E-state index contributed by atoms with van der Waals surface area (Å²) >= 11 is 2.20. The van der Waals surface area contributed by atoms with Crippen LogP contribution in [0.1, 0.15) is 15.4 Å². The van der Waals surface area contributed by atoms with Gasteiger partial charge in [0.05, 0.1) is 26.0 Å². The number of thiazole rings is 2. The van der Waals surface area contributed by atoms with E-state index in [2.05, 4.69) is 15.3 Å². The fourth-order valence-corrected chi connectivity index (χ4v) is 4.10. The Balaban J connectivity index is 1.67. The fourth-order valence-electron chi connectivity index (χ4n) is 2.35. The lowest BCUT2D eigenvalue weighted by atomic mass is 10.2. The molecule has 126 valence electrons. The van der Waals surface area contributed by atoms with Crippen LogP contribution >= 0.6 is 22.7 Å². The third kappa shape index (κ3) is 2.96. The topological polar surface area (TPSA) is 54.9 Å². The molecule has 0 saturated carbocycles. The molecule has 0 aliphatic heterocycles. The molecule has 1 N–H and O–H groups in total. The summed E-state index contributed by atoms with van der Waals surface area (Å²) < 4.78 is 40.3. The molecule has 0 fully saturated rings.